The summed E-state index contributed by atoms with van der Waals surface area (Å²) in [7, 11) is 0. The zero-order valence-corrected chi connectivity index (χ0v) is 23.2. The van der Waals surface area contributed by atoms with Crippen molar-refractivity contribution >= 4 is 79.2 Å². The van der Waals surface area contributed by atoms with Crippen LogP contribution in [0.15, 0.2) is 83.3 Å². The number of hydrogen-bond donors (Lipinski definition) is 3. The minimum Gasteiger partial charge on any atom is -0.441 e. The molecule has 8 rings (SSSR count). The van der Waals surface area contributed by atoms with Gasteiger partial charge in [0.2, 0.25) is 0 Å². The smallest absolute Gasteiger partial charge is 0.274 e. The number of para-hydroxylation sites is 1. The van der Waals surface area contributed by atoms with Crippen molar-refractivity contribution in [2.75, 3.05) is 17.3 Å². The zero-order chi connectivity index (χ0) is 28.5. The highest BCUT2D eigenvalue weighted by molar-refractivity contribution is 6.20. The molecule has 1 amide bonds. The van der Waals surface area contributed by atoms with E-state index in [-0.39, 0.29) is 24.0 Å². The van der Waals surface area contributed by atoms with Crippen LogP contribution in [0.3, 0.4) is 0 Å². The maximum Gasteiger partial charge on any atom is 0.274 e. The number of carbonyl (C=O) groups excluding carboxylic acids is 2. The summed E-state index contributed by atoms with van der Waals surface area (Å²) in [6, 6.07) is 25.4. The van der Waals surface area contributed by atoms with Crippen LogP contribution in [0.1, 0.15) is 38.0 Å². The molecule has 3 aromatic heterocycles. The minimum absolute atomic E-state index is 0.0117. The van der Waals surface area contributed by atoms with E-state index in [0.29, 0.717) is 34.9 Å². The number of hydrogen-bond acceptors (Lipinski definition) is 3. The Morgan fingerprint density at radius 1 is 0.881 bits per heavy atom. The van der Waals surface area contributed by atoms with Crippen LogP contribution in [0, 0.1) is 0 Å². The van der Waals surface area contributed by atoms with Crippen LogP contribution in [0.4, 0.5) is 5.69 Å². The van der Waals surface area contributed by atoms with Crippen molar-refractivity contribution in [2.45, 2.75) is 12.3 Å². The lowest BCUT2D eigenvalue weighted by molar-refractivity contribution is 0.0978. The molecule has 1 aliphatic rings. The molecule has 42 heavy (non-hydrogen) atoms. The lowest BCUT2D eigenvalue weighted by atomic mass is 9.95. The Labute approximate surface area is 244 Å². The van der Waals surface area contributed by atoms with Crippen molar-refractivity contribution in [3.63, 3.8) is 0 Å². The van der Waals surface area contributed by atoms with Gasteiger partial charge in [-0.3, -0.25) is 9.59 Å². The Kier molecular flexibility index (Phi) is 5.46. The molecule has 4 aromatic carbocycles. The highest BCUT2D eigenvalue weighted by Crippen LogP contribution is 2.45. The third-order valence-corrected chi connectivity index (χ3v) is 8.67. The summed E-state index contributed by atoms with van der Waals surface area (Å²) in [5.41, 5.74) is 7.58. The molecule has 0 aliphatic carbocycles. The Hall–Kier alpha value is -5.01. The quantitative estimate of drug-likeness (QED) is 0.153. The highest BCUT2D eigenvalue weighted by Gasteiger charge is 2.35. The first kappa shape index (κ1) is 24.8. The molecule has 7 nitrogen and oxygen atoms in total. The second kappa shape index (κ2) is 9.26. The number of aromatic nitrogens is 3. The van der Waals surface area contributed by atoms with Gasteiger partial charge in [0.25, 0.3) is 5.91 Å². The number of nitrogens with zero attached hydrogens (tertiary/aromatic N) is 1. The number of ketones is 1. The van der Waals surface area contributed by atoms with E-state index in [9.17, 15) is 9.59 Å². The number of alkyl halides is 1. The molecular formula is C34H25ClN4O3. The van der Waals surface area contributed by atoms with Crippen LogP contribution >= 0.6 is 11.6 Å². The van der Waals surface area contributed by atoms with Crippen LogP contribution in [-0.4, -0.2) is 39.1 Å². The molecule has 7 aromatic rings. The topological polar surface area (TPSA) is 97.9 Å². The second-order valence-corrected chi connectivity index (χ2v) is 11.2. The van der Waals surface area contributed by atoms with E-state index in [2.05, 4.69) is 27.6 Å². The molecule has 0 bridgehead atoms. The van der Waals surface area contributed by atoms with Gasteiger partial charge in [-0.2, -0.15) is 0 Å². The largest absolute Gasteiger partial charge is 0.441 e. The van der Waals surface area contributed by atoms with E-state index in [0.717, 1.165) is 54.9 Å². The number of Topliss-reactive ketones (excluding diaryl/α,β-unsaturated/α-hetero) is 1. The number of H-pyrrole nitrogens is 3. The normalized spacial score (nSPS) is 14.9. The summed E-state index contributed by atoms with van der Waals surface area (Å²) in [6.45, 7) is 4.41. The van der Waals surface area contributed by atoms with Gasteiger partial charge in [-0.25, -0.2) is 0 Å². The number of nitrogens with one attached hydrogen (secondary N) is 3. The predicted octanol–water partition coefficient (Wildman–Crippen LogP) is 6.98. The van der Waals surface area contributed by atoms with E-state index >= 15 is 0 Å². The number of rotatable bonds is 5. The summed E-state index contributed by atoms with van der Waals surface area (Å²) in [5.74, 6) is 0.229. The number of amides is 1. The van der Waals surface area contributed by atoms with Crippen molar-refractivity contribution in [3.8, 4) is 0 Å². The van der Waals surface area contributed by atoms with Crippen molar-refractivity contribution < 1.29 is 14.0 Å². The standard InChI is InChI=1S/C34H25ClN4O3/c1-18-36-26-8-4-6-23-32-22(16-35)17-39(29(32)15-31(42-18)33(23)26)34(41)28-14-21-11-19(9-10-25(21)38-28)12-30(40)27-13-20-5-2-3-7-24(20)37-27/h2-11,13-15,22,36-38H,1,12,16-17H2/t22-/m1/s1. The van der Waals surface area contributed by atoms with Gasteiger partial charge in [-0.05, 0) is 59.5 Å². The number of aromatic amines is 3. The molecule has 8 heteroatoms. The first-order valence-corrected chi connectivity index (χ1v) is 14.3. The lowest BCUT2D eigenvalue weighted by Crippen LogP contribution is -2.30. The van der Waals surface area contributed by atoms with Gasteiger partial charge >= 0.3 is 0 Å². The van der Waals surface area contributed by atoms with Gasteiger partial charge in [-0.15, -0.1) is 11.6 Å². The third-order valence-electron chi connectivity index (χ3n) is 8.30. The zero-order valence-electron chi connectivity index (χ0n) is 22.5. The molecule has 0 fully saturated rings. The van der Waals surface area contributed by atoms with Gasteiger partial charge in [0.1, 0.15) is 11.3 Å². The van der Waals surface area contributed by atoms with Crippen molar-refractivity contribution in [1.82, 2.24) is 15.0 Å². The Balaban J connectivity index is 1.13. The number of halogens is 1. The Morgan fingerprint density at radius 3 is 2.52 bits per heavy atom. The molecular weight excluding hydrogens is 548 g/mol. The molecule has 0 radical (unpaired) electrons. The first-order valence-electron chi connectivity index (χ1n) is 13.8. The van der Waals surface area contributed by atoms with Crippen LogP contribution in [0.25, 0.3) is 50.3 Å². The average molecular weight is 573 g/mol. The van der Waals surface area contributed by atoms with Gasteiger partial charge in [0.15, 0.2) is 11.3 Å². The fraction of sp³-hybridized carbons (Fsp3) is 0.118. The van der Waals surface area contributed by atoms with Gasteiger partial charge < -0.3 is 24.3 Å². The van der Waals surface area contributed by atoms with Crippen molar-refractivity contribution in [3.05, 3.63) is 107 Å². The van der Waals surface area contributed by atoms with Crippen LogP contribution < -0.4 is 10.4 Å². The number of fused-ring (bicyclic) bond motifs is 4. The van der Waals surface area contributed by atoms with Gasteiger partial charge in [-0.1, -0.05) is 36.4 Å². The first-order chi connectivity index (χ1) is 20.5. The number of benzene rings is 4. The summed E-state index contributed by atoms with van der Waals surface area (Å²) in [6.07, 6.45) is 0.256. The molecule has 206 valence electrons. The third kappa shape index (κ3) is 3.81. The molecule has 1 atom stereocenters. The van der Waals surface area contributed by atoms with E-state index in [4.69, 9.17) is 16.0 Å². The highest BCUT2D eigenvalue weighted by atomic mass is 35.5. The molecule has 3 N–H and O–H groups in total. The molecule has 0 saturated heterocycles. The molecule has 1 aliphatic heterocycles. The summed E-state index contributed by atoms with van der Waals surface area (Å²) < 4.78 is 5.96. The van der Waals surface area contributed by atoms with Crippen molar-refractivity contribution in [1.29, 1.82) is 0 Å². The summed E-state index contributed by atoms with van der Waals surface area (Å²) in [4.78, 5) is 38.5. The van der Waals surface area contributed by atoms with Gasteiger partial charge in [0.05, 0.1) is 16.9 Å². The maximum atomic E-state index is 14.0. The molecule has 0 saturated carbocycles. The molecule has 0 unspecified atom stereocenters. The summed E-state index contributed by atoms with van der Waals surface area (Å²) >= 11 is 6.46. The monoisotopic (exact) mass is 572 g/mol. The van der Waals surface area contributed by atoms with Crippen molar-refractivity contribution in [2.24, 2.45) is 0 Å². The minimum atomic E-state index is -0.147. The van der Waals surface area contributed by atoms with Crippen LogP contribution in [-0.2, 0) is 6.42 Å². The van der Waals surface area contributed by atoms with E-state index in [1.165, 1.54) is 0 Å². The molecule has 0 spiro atoms. The van der Waals surface area contributed by atoms with E-state index < -0.39 is 0 Å². The number of carbonyl (C=O) groups is 2. The van der Waals surface area contributed by atoms with Crippen LogP contribution in [0.5, 0.6) is 0 Å². The van der Waals surface area contributed by atoms with E-state index in [1.54, 1.807) is 4.90 Å². The fourth-order valence-electron chi connectivity index (χ4n) is 6.38. The number of anilines is 1. The SMILES string of the molecule is C=c1[nH]c2cccc3c4c(cc(o1)c23)N(C(=O)c1cc2cc(CC(=O)c3cc5ccccc5[nH]3)ccc2[nH]1)C[C@H]4CCl. The maximum absolute atomic E-state index is 14.0. The summed E-state index contributed by atoms with van der Waals surface area (Å²) in [5, 5.41) is 3.86. The lowest BCUT2D eigenvalue weighted by Gasteiger charge is -2.17. The van der Waals surface area contributed by atoms with Gasteiger partial charge in [0, 0.05) is 58.0 Å². The predicted molar refractivity (Wildman–Crippen MR) is 167 cm³/mol. The Bertz CT molecular complexity index is 2250. The van der Waals surface area contributed by atoms with E-state index in [1.807, 2.05) is 72.8 Å². The second-order valence-electron chi connectivity index (χ2n) is 10.9. The molecule has 4 heterocycles. The van der Waals surface area contributed by atoms with Crippen LogP contribution in [0.2, 0.25) is 0 Å². The average Bonchev–Trinajstić information content (AvgIpc) is 3.71. The Morgan fingerprint density at radius 2 is 1.67 bits per heavy atom. The fourth-order valence-corrected chi connectivity index (χ4v) is 6.64.